The van der Waals surface area contributed by atoms with Crippen LogP contribution in [0, 0.1) is 6.92 Å². The summed E-state index contributed by atoms with van der Waals surface area (Å²) in [5.41, 5.74) is 0.659. The van der Waals surface area contributed by atoms with E-state index in [0.717, 1.165) is 19.4 Å². The number of nitrogens with one attached hydrogen (secondary N) is 1. The zero-order chi connectivity index (χ0) is 17.8. The molecule has 1 atom stereocenters. The monoisotopic (exact) mass is 346 g/mol. The predicted octanol–water partition coefficient (Wildman–Crippen LogP) is 2.17. The van der Waals surface area contributed by atoms with Crippen LogP contribution in [0.4, 0.5) is 5.69 Å². The highest BCUT2D eigenvalue weighted by Crippen LogP contribution is 2.32. The Morgan fingerprint density at radius 1 is 1.32 bits per heavy atom. The summed E-state index contributed by atoms with van der Waals surface area (Å²) in [6.07, 6.45) is 1.90. The van der Waals surface area contributed by atoms with Gasteiger partial charge in [-0.05, 0) is 31.5 Å². The van der Waals surface area contributed by atoms with Gasteiger partial charge in [-0.25, -0.2) is 0 Å². The van der Waals surface area contributed by atoms with Crippen molar-refractivity contribution < 1.29 is 18.7 Å². The lowest BCUT2D eigenvalue weighted by molar-refractivity contribution is -0.117. The zero-order valence-electron chi connectivity index (χ0n) is 14.6. The van der Waals surface area contributed by atoms with Crippen molar-refractivity contribution in [2.24, 2.45) is 0 Å². The molecule has 8 nitrogen and oxygen atoms in total. The number of ether oxygens (including phenoxy) is 2. The Bertz CT molecular complexity index is 746. The molecule has 2 aromatic rings. The molecule has 1 aromatic carbocycles. The van der Waals surface area contributed by atoms with Crippen molar-refractivity contribution in [1.82, 2.24) is 15.1 Å². The van der Waals surface area contributed by atoms with E-state index >= 15 is 0 Å². The molecule has 0 radical (unpaired) electrons. The van der Waals surface area contributed by atoms with Gasteiger partial charge in [0.25, 0.3) is 0 Å². The summed E-state index contributed by atoms with van der Waals surface area (Å²) in [4.78, 5) is 14.5. The van der Waals surface area contributed by atoms with Crippen molar-refractivity contribution in [1.29, 1.82) is 0 Å². The third-order valence-corrected chi connectivity index (χ3v) is 4.20. The fraction of sp³-hybridized carbons (Fsp3) is 0.471. The summed E-state index contributed by atoms with van der Waals surface area (Å²) in [6, 6.07) is 5.27. The highest BCUT2D eigenvalue weighted by molar-refractivity contribution is 5.92. The smallest absolute Gasteiger partial charge is 0.238 e. The van der Waals surface area contributed by atoms with E-state index in [2.05, 4.69) is 20.4 Å². The van der Waals surface area contributed by atoms with Gasteiger partial charge in [0.05, 0.1) is 26.8 Å². The van der Waals surface area contributed by atoms with Crippen LogP contribution in [0.2, 0.25) is 0 Å². The van der Waals surface area contributed by atoms with E-state index < -0.39 is 0 Å². The summed E-state index contributed by atoms with van der Waals surface area (Å²) in [5.74, 6) is 2.20. The molecule has 1 amide bonds. The molecule has 134 valence electrons. The number of hydrogen-bond donors (Lipinski definition) is 1. The minimum atomic E-state index is -0.102. The van der Waals surface area contributed by atoms with Gasteiger partial charge < -0.3 is 19.2 Å². The molecular weight excluding hydrogens is 324 g/mol. The molecule has 1 N–H and O–H groups in total. The molecule has 0 saturated carbocycles. The maximum atomic E-state index is 12.4. The van der Waals surface area contributed by atoms with Crippen molar-refractivity contribution in [2.75, 3.05) is 32.6 Å². The molecule has 25 heavy (non-hydrogen) atoms. The number of benzene rings is 1. The normalized spacial score (nSPS) is 17.5. The molecule has 8 heteroatoms. The molecule has 0 unspecified atom stereocenters. The second-order valence-electron chi connectivity index (χ2n) is 5.91. The van der Waals surface area contributed by atoms with Gasteiger partial charge in [-0.15, -0.1) is 10.2 Å². The largest absolute Gasteiger partial charge is 0.493 e. The average Bonchev–Trinajstić information content (AvgIpc) is 3.23. The summed E-state index contributed by atoms with van der Waals surface area (Å²) in [6.45, 7) is 2.85. The fourth-order valence-electron chi connectivity index (χ4n) is 3.04. The highest BCUT2D eigenvalue weighted by Gasteiger charge is 2.31. The third kappa shape index (κ3) is 3.90. The lowest BCUT2D eigenvalue weighted by Gasteiger charge is -2.21. The van der Waals surface area contributed by atoms with Gasteiger partial charge in [-0.1, -0.05) is 0 Å². The molecule has 0 spiro atoms. The number of likely N-dealkylation sites (tertiary alicyclic amines) is 1. The van der Waals surface area contributed by atoms with Gasteiger partial charge in [0.2, 0.25) is 17.7 Å². The molecule has 3 rings (SSSR count). The molecule has 1 aromatic heterocycles. The van der Waals surface area contributed by atoms with Crippen LogP contribution in [0.15, 0.2) is 22.6 Å². The minimum Gasteiger partial charge on any atom is -0.493 e. The quantitative estimate of drug-likeness (QED) is 0.857. The van der Waals surface area contributed by atoms with Crippen LogP contribution >= 0.6 is 0 Å². The Hall–Kier alpha value is -2.61. The lowest BCUT2D eigenvalue weighted by Crippen LogP contribution is -2.33. The number of anilines is 1. The molecule has 0 aliphatic carbocycles. The highest BCUT2D eigenvalue weighted by atomic mass is 16.5. The van der Waals surface area contributed by atoms with Crippen LogP contribution in [-0.2, 0) is 4.79 Å². The maximum absolute atomic E-state index is 12.4. The minimum absolute atomic E-state index is 0.00245. The number of amides is 1. The first kappa shape index (κ1) is 17.2. The van der Waals surface area contributed by atoms with Crippen molar-refractivity contribution in [2.45, 2.75) is 25.8 Å². The number of nitrogens with zero attached hydrogens (tertiary/aromatic N) is 3. The standard InChI is InChI=1S/C17H22N4O4/c1-11-19-20-17(25-11)13-5-4-8-21(13)10-16(22)18-12-6-7-14(23-2)15(9-12)24-3/h6-7,9,13H,4-5,8,10H2,1-3H3,(H,18,22)/t13-/m1/s1. The van der Waals surface area contributed by atoms with Gasteiger partial charge in [0, 0.05) is 18.7 Å². The van der Waals surface area contributed by atoms with Crippen molar-refractivity contribution in [3.63, 3.8) is 0 Å². The molecule has 1 fully saturated rings. The Kier molecular flexibility index (Phi) is 5.18. The molecule has 1 aliphatic heterocycles. The van der Waals surface area contributed by atoms with E-state index in [-0.39, 0.29) is 18.5 Å². The number of methoxy groups -OCH3 is 2. The van der Waals surface area contributed by atoms with Crippen LogP contribution in [-0.4, -0.2) is 48.3 Å². The van der Waals surface area contributed by atoms with E-state index in [4.69, 9.17) is 13.9 Å². The Morgan fingerprint density at radius 2 is 2.12 bits per heavy atom. The number of hydrogen-bond acceptors (Lipinski definition) is 7. The van der Waals surface area contributed by atoms with Gasteiger partial charge >= 0.3 is 0 Å². The SMILES string of the molecule is COc1ccc(NC(=O)CN2CCC[C@@H]2c2nnc(C)o2)cc1OC. The topological polar surface area (TPSA) is 89.7 Å². The maximum Gasteiger partial charge on any atom is 0.238 e. The molecule has 1 aliphatic rings. The summed E-state index contributed by atoms with van der Waals surface area (Å²) < 4.78 is 16.0. The number of aromatic nitrogens is 2. The first-order valence-electron chi connectivity index (χ1n) is 8.16. The molecule has 2 heterocycles. The van der Waals surface area contributed by atoms with Gasteiger partial charge in [0.1, 0.15) is 0 Å². The zero-order valence-corrected chi connectivity index (χ0v) is 14.6. The Balaban J connectivity index is 1.64. The second kappa shape index (κ2) is 7.52. The van der Waals surface area contributed by atoms with E-state index in [1.165, 1.54) is 0 Å². The van der Waals surface area contributed by atoms with Crippen molar-refractivity contribution in [3.05, 3.63) is 30.0 Å². The van der Waals surface area contributed by atoms with Crippen LogP contribution in [0.1, 0.15) is 30.7 Å². The number of aryl methyl sites for hydroxylation is 1. The molecular formula is C17H22N4O4. The molecule has 1 saturated heterocycles. The summed E-state index contributed by atoms with van der Waals surface area (Å²) >= 11 is 0. The van der Waals surface area contributed by atoms with Gasteiger partial charge in [0.15, 0.2) is 11.5 Å². The van der Waals surface area contributed by atoms with Gasteiger partial charge in [-0.2, -0.15) is 0 Å². The van der Waals surface area contributed by atoms with E-state index in [0.29, 0.717) is 29.0 Å². The van der Waals surface area contributed by atoms with E-state index in [1.807, 2.05) is 0 Å². The third-order valence-electron chi connectivity index (χ3n) is 4.20. The van der Waals surface area contributed by atoms with Crippen LogP contribution in [0.5, 0.6) is 11.5 Å². The van der Waals surface area contributed by atoms with E-state index in [9.17, 15) is 4.79 Å². The van der Waals surface area contributed by atoms with Crippen LogP contribution < -0.4 is 14.8 Å². The second-order valence-corrected chi connectivity index (χ2v) is 5.91. The average molecular weight is 346 g/mol. The predicted molar refractivity (Wildman–Crippen MR) is 90.8 cm³/mol. The number of carbonyl (C=O) groups excluding carboxylic acids is 1. The first-order valence-corrected chi connectivity index (χ1v) is 8.16. The number of rotatable bonds is 6. The van der Waals surface area contributed by atoms with E-state index in [1.54, 1.807) is 39.3 Å². The van der Waals surface area contributed by atoms with Gasteiger partial charge in [-0.3, -0.25) is 9.69 Å². The Labute approximate surface area is 146 Å². The first-order chi connectivity index (χ1) is 12.1. The lowest BCUT2D eigenvalue weighted by atomic mass is 10.2. The van der Waals surface area contributed by atoms with Crippen LogP contribution in [0.3, 0.4) is 0 Å². The molecule has 0 bridgehead atoms. The summed E-state index contributed by atoms with van der Waals surface area (Å²) in [7, 11) is 3.13. The number of carbonyl (C=O) groups is 1. The van der Waals surface area contributed by atoms with Crippen LogP contribution in [0.25, 0.3) is 0 Å². The Morgan fingerprint density at radius 3 is 2.80 bits per heavy atom. The summed E-state index contributed by atoms with van der Waals surface area (Å²) in [5, 5.41) is 10.9. The van der Waals surface area contributed by atoms with Crippen molar-refractivity contribution >= 4 is 11.6 Å². The van der Waals surface area contributed by atoms with Crippen molar-refractivity contribution in [3.8, 4) is 11.5 Å². The fourth-order valence-corrected chi connectivity index (χ4v) is 3.04.